The van der Waals surface area contributed by atoms with Crippen LogP contribution in [-0.2, 0) is 16.4 Å². The van der Waals surface area contributed by atoms with Crippen LogP contribution < -0.4 is 5.32 Å². The topological polar surface area (TPSA) is 96.6 Å². The molecule has 7 heteroatoms. The van der Waals surface area contributed by atoms with Crippen molar-refractivity contribution in [3.63, 3.8) is 0 Å². The molecule has 1 unspecified atom stereocenters. The van der Waals surface area contributed by atoms with Crippen molar-refractivity contribution in [2.75, 3.05) is 12.0 Å². The summed E-state index contributed by atoms with van der Waals surface area (Å²) in [5, 5.41) is 11.6. The van der Waals surface area contributed by atoms with Gasteiger partial charge in [0.25, 0.3) is 0 Å². The molecular formula is C10H15NO5S. The SMILES string of the molecule is CC(CS(C)(=O)=O)NCc1cc(C(=O)O)co1. The molecule has 0 fully saturated rings. The maximum Gasteiger partial charge on any atom is 0.338 e. The molecule has 96 valence electrons. The fourth-order valence-corrected chi connectivity index (χ4v) is 2.40. The van der Waals surface area contributed by atoms with Crippen molar-refractivity contribution in [3.05, 3.63) is 23.7 Å². The van der Waals surface area contributed by atoms with Crippen molar-refractivity contribution in [1.82, 2.24) is 5.32 Å². The second-order valence-electron chi connectivity index (χ2n) is 3.98. The van der Waals surface area contributed by atoms with E-state index in [1.165, 1.54) is 12.3 Å². The molecular weight excluding hydrogens is 246 g/mol. The molecule has 0 saturated carbocycles. The first-order chi connectivity index (χ1) is 7.78. The summed E-state index contributed by atoms with van der Waals surface area (Å²) in [6, 6.07) is 1.19. The number of carboxylic acid groups (broad SMARTS) is 1. The zero-order chi connectivity index (χ0) is 13.1. The zero-order valence-electron chi connectivity index (χ0n) is 9.63. The number of hydrogen-bond acceptors (Lipinski definition) is 5. The lowest BCUT2D eigenvalue weighted by molar-refractivity contribution is 0.0696. The van der Waals surface area contributed by atoms with E-state index >= 15 is 0 Å². The van der Waals surface area contributed by atoms with Gasteiger partial charge in [0.2, 0.25) is 0 Å². The fourth-order valence-electron chi connectivity index (χ4n) is 1.37. The summed E-state index contributed by atoms with van der Waals surface area (Å²) in [5.41, 5.74) is 0.0811. The maximum absolute atomic E-state index is 11.0. The van der Waals surface area contributed by atoms with E-state index in [0.29, 0.717) is 12.3 Å². The number of aromatic carboxylic acids is 1. The van der Waals surface area contributed by atoms with Crippen LogP contribution in [0.25, 0.3) is 0 Å². The number of sulfone groups is 1. The highest BCUT2D eigenvalue weighted by molar-refractivity contribution is 7.90. The van der Waals surface area contributed by atoms with Gasteiger partial charge in [0.15, 0.2) is 0 Å². The Bertz CT molecular complexity index is 491. The van der Waals surface area contributed by atoms with Gasteiger partial charge in [-0.1, -0.05) is 0 Å². The summed E-state index contributed by atoms with van der Waals surface area (Å²) in [6.45, 7) is 2.03. The second kappa shape index (κ2) is 5.33. The molecule has 2 N–H and O–H groups in total. The summed E-state index contributed by atoms with van der Waals surface area (Å²) in [7, 11) is -3.02. The molecule has 1 rings (SSSR count). The van der Waals surface area contributed by atoms with Crippen LogP contribution in [0.5, 0.6) is 0 Å². The molecule has 0 aliphatic carbocycles. The summed E-state index contributed by atoms with van der Waals surface area (Å²) < 4.78 is 27.0. The lowest BCUT2D eigenvalue weighted by atomic mass is 10.3. The number of carboxylic acids is 1. The van der Waals surface area contributed by atoms with E-state index in [0.717, 1.165) is 6.26 Å². The number of carbonyl (C=O) groups is 1. The normalized spacial score (nSPS) is 13.5. The Kier molecular flexibility index (Phi) is 4.30. The quantitative estimate of drug-likeness (QED) is 0.774. The molecule has 1 atom stereocenters. The minimum atomic E-state index is -3.02. The smallest absolute Gasteiger partial charge is 0.338 e. The Labute approximate surface area is 99.5 Å². The van der Waals surface area contributed by atoms with Crippen molar-refractivity contribution in [1.29, 1.82) is 0 Å². The van der Waals surface area contributed by atoms with E-state index in [1.54, 1.807) is 6.92 Å². The van der Waals surface area contributed by atoms with Crippen LogP contribution in [0.1, 0.15) is 23.0 Å². The number of hydrogen-bond donors (Lipinski definition) is 2. The van der Waals surface area contributed by atoms with Gasteiger partial charge in [-0.05, 0) is 13.0 Å². The Balaban J connectivity index is 2.47. The molecule has 6 nitrogen and oxygen atoms in total. The molecule has 0 spiro atoms. The van der Waals surface area contributed by atoms with Crippen molar-refractivity contribution in [3.8, 4) is 0 Å². The first kappa shape index (κ1) is 13.7. The minimum absolute atomic E-state index is 0.0273. The van der Waals surface area contributed by atoms with Crippen LogP contribution in [0.4, 0.5) is 0 Å². The molecule has 0 aromatic carbocycles. The first-order valence-corrected chi connectivity index (χ1v) is 7.06. The highest BCUT2D eigenvalue weighted by atomic mass is 32.2. The van der Waals surface area contributed by atoms with E-state index < -0.39 is 15.8 Å². The standard InChI is InChI=1S/C10H15NO5S/c1-7(6-17(2,14)15)11-4-9-3-8(5-16-9)10(12)13/h3,5,7,11H,4,6H2,1-2H3,(H,12,13). The Hall–Kier alpha value is -1.34. The molecule has 0 aliphatic heterocycles. The van der Waals surface area contributed by atoms with E-state index in [-0.39, 0.29) is 17.4 Å². The third kappa shape index (κ3) is 5.01. The van der Waals surface area contributed by atoms with E-state index in [9.17, 15) is 13.2 Å². The van der Waals surface area contributed by atoms with E-state index in [2.05, 4.69) is 5.32 Å². The summed E-state index contributed by atoms with van der Waals surface area (Å²) in [5.74, 6) is -0.564. The zero-order valence-corrected chi connectivity index (χ0v) is 10.5. The van der Waals surface area contributed by atoms with E-state index in [1.807, 2.05) is 0 Å². The maximum atomic E-state index is 11.0. The van der Waals surface area contributed by atoms with Gasteiger partial charge in [0.05, 0.1) is 17.9 Å². The fraction of sp³-hybridized carbons (Fsp3) is 0.500. The number of rotatable bonds is 6. The van der Waals surface area contributed by atoms with Crippen LogP contribution in [0, 0.1) is 0 Å². The number of furan rings is 1. The largest absolute Gasteiger partial charge is 0.478 e. The van der Waals surface area contributed by atoms with Crippen molar-refractivity contribution >= 4 is 15.8 Å². The molecule has 0 radical (unpaired) electrons. The molecule has 0 saturated heterocycles. The van der Waals surface area contributed by atoms with Crippen molar-refractivity contribution in [2.24, 2.45) is 0 Å². The lowest BCUT2D eigenvalue weighted by Crippen LogP contribution is -2.32. The van der Waals surface area contributed by atoms with Crippen LogP contribution in [-0.4, -0.2) is 37.5 Å². The molecule has 1 aromatic heterocycles. The molecule has 17 heavy (non-hydrogen) atoms. The van der Waals surface area contributed by atoms with Gasteiger partial charge in [-0.3, -0.25) is 0 Å². The minimum Gasteiger partial charge on any atom is -0.478 e. The highest BCUT2D eigenvalue weighted by Crippen LogP contribution is 2.07. The van der Waals surface area contributed by atoms with Gasteiger partial charge in [-0.25, -0.2) is 13.2 Å². The average molecular weight is 261 g/mol. The van der Waals surface area contributed by atoms with Gasteiger partial charge in [0.1, 0.15) is 21.9 Å². The average Bonchev–Trinajstić information content (AvgIpc) is 2.60. The summed E-state index contributed by atoms with van der Waals surface area (Å²) in [4.78, 5) is 10.6. The predicted octanol–water partition coefficient (Wildman–Crippen LogP) is 0.500. The Morgan fingerprint density at radius 2 is 2.24 bits per heavy atom. The molecule has 0 aliphatic rings. The highest BCUT2D eigenvalue weighted by Gasteiger charge is 2.12. The van der Waals surface area contributed by atoms with Crippen molar-refractivity contribution < 1.29 is 22.7 Å². The molecule has 1 aromatic rings. The van der Waals surface area contributed by atoms with Crippen molar-refractivity contribution in [2.45, 2.75) is 19.5 Å². The number of nitrogens with one attached hydrogen (secondary N) is 1. The second-order valence-corrected chi connectivity index (χ2v) is 6.17. The van der Waals surface area contributed by atoms with Crippen LogP contribution in [0.2, 0.25) is 0 Å². The van der Waals surface area contributed by atoms with Gasteiger partial charge < -0.3 is 14.8 Å². The molecule has 1 heterocycles. The van der Waals surface area contributed by atoms with E-state index in [4.69, 9.17) is 9.52 Å². The molecule has 0 amide bonds. The van der Waals surface area contributed by atoms with Crippen LogP contribution in [0.15, 0.2) is 16.7 Å². The molecule has 0 bridgehead atoms. The monoisotopic (exact) mass is 261 g/mol. The van der Waals surface area contributed by atoms with Gasteiger partial charge >= 0.3 is 5.97 Å². The van der Waals surface area contributed by atoms with Crippen LogP contribution >= 0.6 is 0 Å². The Morgan fingerprint density at radius 3 is 2.71 bits per heavy atom. The summed E-state index contributed by atoms with van der Waals surface area (Å²) in [6.07, 6.45) is 2.32. The predicted molar refractivity (Wildman–Crippen MR) is 61.7 cm³/mol. The summed E-state index contributed by atoms with van der Waals surface area (Å²) >= 11 is 0. The third-order valence-corrected chi connectivity index (χ3v) is 3.18. The lowest BCUT2D eigenvalue weighted by Gasteiger charge is -2.10. The first-order valence-electron chi connectivity index (χ1n) is 5.00. The van der Waals surface area contributed by atoms with Crippen LogP contribution in [0.3, 0.4) is 0 Å². The van der Waals surface area contributed by atoms with Gasteiger partial charge in [0, 0.05) is 12.3 Å². The van der Waals surface area contributed by atoms with Gasteiger partial charge in [-0.15, -0.1) is 0 Å². The third-order valence-electron chi connectivity index (χ3n) is 2.08. The Morgan fingerprint density at radius 1 is 1.59 bits per heavy atom. The van der Waals surface area contributed by atoms with Gasteiger partial charge in [-0.2, -0.15) is 0 Å².